The van der Waals surface area contributed by atoms with Crippen LogP contribution >= 0.6 is 0 Å². The van der Waals surface area contributed by atoms with Gasteiger partial charge in [-0.3, -0.25) is 14.2 Å². The van der Waals surface area contributed by atoms with E-state index in [1.807, 2.05) is 11.8 Å². The van der Waals surface area contributed by atoms with Crippen molar-refractivity contribution in [1.82, 2.24) is 19.4 Å². The average Bonchev–Trinajstić information content (AvgIpc) is 2.68. The van der Waals surface area contributed by atoms with Crippen LogP contribution in [-0.4, -0.2) is 70.7 Å². The Labute approximate surface area is 154 Å². The molecule has 1 aromatic heterocycles. The first-order chi connectivity index (χ1) is 12.5. The normalized spacial score (nSPS) is 20.5. The summed E-state index contributed by atoms with van der Waals surface area (Å²) in [5.41, 5.74) is 1.21. The van der Waals surface area contributed by atoms with Crippen molar-refractivity contribution < 1.29 is 9.53 Å². The summed E-state index contributed by atoms with van der Waals surface area (Å²) >= 11 is 0. The summed E-state index contributed by atoms with van der Waals surface area (Å²) in [5, 5.41) is 0. The molecule has 7 nitrogen and oxygen atoms in total. The highest BCUT2D eigenvalue weighted by atomic mass is 16.5. The Bertz CT molecular complexity index is 687. The Hall–Kier alpha value is -1.73. The zero-order valence-electron chi connectivity index (χ0n) is 16.1. The van der Waals surface area contributed by atoms with Crippen molar-refractivity contribution in [2.75, 3.05) is 33.3 Å². The number of amides is 1. The van der Waals surface area contributed by atoms with Gasteiger partial charge in [0.25, 0.3) is 5.56 Å². The van der Waals surface area contributed by atoms with E-state index in [1.165, 1.54) is 10.9 Å². The van der Waals surface area contributed by atoms with Gasteiger partial charge in [0.2, 0.25) is 5.91 Å². The van der Waals surface area contributed by atoms with Crippen LogP contribution in [0.3, 0.4) is 0 Å². The summed E-state index contributed by atoms with van der Waals surface area (Å²) in [5.74, 6) is 0.00805. The van der Waals surface area contributed by atoms with Gasteiger partial charge in [-0.1, -0.05) is 0 Å². The van der Waals surface area contributed by atoms with Crippen molar-refractivity contribution in [2.24, 2.45) is 0 Å². The van der Waals surface area contributed by atoms with Gasteiger partial charge in [-0.25, -0.2) is 4.98 Å². The Morgan fingerprint density at radius 1 is 1.15 bits per heavy atom. The molecule has 3 heterocycles. The number of likely N-dealkylation sites (tertiary alicyclic amines) is 2. The van der Waals surface area contributed by atoms with Crippen LogP contribution in [0.15, 0.2) is 11.1 Å². The van der Waals surface area contributed by atoms with E-state index in [1.54, 1.807) is 14.0 Å². The average molecular weight is 362 g/mol. The second-order valence-electron chi connectivity index (χ2n) is 7.47. The first-order valence-corrected chi connectivity index (χ1v) is 9.57. The molecule has 26 heavy (non-hydrogen) atoms. The van der Waals surface area contributed by atoms with Crippen molar-refractivity contribution >= 4 is 5.91 Å². The minimum Gasteiger partial charge on any atom is -0.381 e. The highest BCUT2D eigenvalue weighted by Gasteiger charge is 2.29. The molecule has 1 amide bonds. The molecule has 0 aliphatic carbocycles. The van der Waals surface area contributed by atoms with Crippen LogP contribution in [0.2, 0.25) is 0 Å². The SMILES string of the molecule is COC1CCN(C2CCN(C(=O)Cn3cnc(C)c(C)c3=O)CC2)CC1. The molecule has 1 aromatic rings. The Morgan fingerprint density at radius 2 is 1.81 bits per heavy atom. The van der Waals surface area contributed by atoms with Crippen LogP contribution in [0.4, 0.5) is 0 Å². The van der Waals surface area contributed by atoms with Crippen molar-refractivity contribution in [3.05, 3.63) is 27.9 Å². The molecule has 2 aliphatic heterocycles. The maximum Gasteiger partial charge on any atom is 0.256 e. The molecule has 3 rings (SSSR count). The maximum absolute atomic E-state index is 12.6. The molecule has 7 heteroatoms. The van der Waals surface area contributed by atoms with Gasteiger partial charge in [0.15, 0.2) is 0 Å². The number of carbonyl (C=O) groups excluding carboxylic acids is 1. The van der Waals surface area contributed by atoms with Gasteiger partial charge in [0, 0.05) is 50.6 Å². The lowest BCUT2D eigenvalue weighted by Gasteiger charge is -2.41. The number of aromatic nitrogens is 2. The van der Waals surface area contributed by atoms with E-state index in [0.717, 1.165) is 57.6 Å². The topological polar surface area (TPSA) is 67.7 Å². The van der Waals surface area contributed by atoms with Crippen molar-refractivity contribution in [1.29, 1.82) is 0 Å². The number of piperidine rings is 2. The third-order valence-electron chi connectivity index (χ3n) is 5.96. The highest BCUT2D eigenvalue weighted by molar-refractivity contribution is 5.76. The molecule has 2 fully saturated rings. The molecule has 0 bridgehead atoms. The van der Waals surface area contributed by atoms with Gasteiger partial charge in [-0.2, -0.15) is 0 Å². The Kier molecular flexibility index (Phi) is 6.09. The van der Waals surface area contributed by atoms with Crippen LogP contribution in [0.1, 0.15) is 36.9 Å². The molecule has 0 N–H and O–H groups in total. The van der Waals surface area contributed by atoms with E-state index in [4.69, 9.17) is 4.74 Å². The molecule has 0 unspecified atom stereocenters. The van der Waals surface area contributed by atoms with E-state index >= 15 is 0 Å². The van der Waals surface area contributed by atoms with Crippen molar-refractivity contribution in [2.45, 2.75) is 58.2 Å². The standard InChI is InChI=1S/C19H30N4O3/c1-14-15(2)20-13-23(19(14)25)12-18(24)22-8-4-16(5-9-22)21-10-6-17(26-3)7-11-21/h13,16-17H,4-12H2,1-3H3. The molecule has 0 spiro atoms. The highest BCUT2D eigenvalue weighted by Crippen LogP contribution is 2.22. The van der Waals surface area contributed by atoms with Crippen molar-refractivity contribution in [3.63, 3.8) is 0 Å². The third-order valence-corrected chi connectivity index (χ3v) is 5.96. The molecule has 0 radical (unpaired) electrons. The smallest absolute Gasteiger partial charge is 0.256 e. The fourth-order valence-electron chi connectivity index (χ4n) is 3.99. The number of hydrogen-bond acceptors (Lipinski definition) is 5. The summed E-state index contributed by atoms with van der Waals surface area (Å²) < 4.78 is 6.87. The predicted molar refractivity (Wildman–Crippen MR) is 99.2 cm³/mol. The van der Waals surface area contributed by atoms with Crippen LogP contribution in [0.25, 0.3) is 0 Å². The van der Waals surface area contributed by atoms with E-state index < -0.39 is 0 Å². The lowest BCUT2D eigenvalue weighted by Crippen LogP contribution is -2.50. The predicted octanol–water partition coefficient (Wildman–Crippen LogP) is 0.962. The third kappa shape index (κ3) is 4.15. The molecule has 144 valence electrons. The minimum atomic E-state index is -0.123. The number of nitrogens with zero attached hydrogens (tertiary/aromatic N) is 4. The second-order valence-corrected chi connectivity index (χ2v) is 7.47. The molecule has 2 saturated heterocycles. The zero-order valence-corrected chi connectivity index (χ0v) is 16.1. The van der Waals surface area contributed by atoms with Gasteiger partial charge in [0.1, 0.15) is 6.54 Å². The van der Waals surface area contributed by atoms with Crippen LogP contribution in [0, 0.1) is 13.8 Å². The van der Waals surface area contributed by atoms with E-state index in [2.05, 4.69) is 9.88 Å². The largest absolute Gasteiger partial charge is 0.381 e. The zero-order chi connectivity index (χ0) is 18.7. The number of methoxy groups -OCH3 is 1. The summed E-state index contributed by atoms with van der Waals surface area (Å²) in [7, 11) is 1.79. The number of rotatable bonds is 4. The fourth-order valence-corrected chi connectivity index (χ4v) is 3.99. The summed E-state index contributed by atoms with van der Waals surface area (Å²) in [4.78, 5) is 33.5. The first kappa shape index (κ1) is 19.0. The Balaban J connectivity index is 1.51. The maximum atomic E-state index is 12.6. The lowest BCUT2D eigenvalue weighted by molar-refractivity contribution is -0.133. The molecule has 0 aromatic carbocycles. The van der Waals surface area contributed by atoms with E-state index in [-0.39, 0.29) is 18.0 Å². The molecular weight excluding hydrogens is 332 g/mol. The molecular formula is C19H30N4O3. The fraction of sp³-hybridized carbons (Fsp3) is 0.737. The quantitative estimate of drug-likeness (QED) is 0.798. The summed E-state index contributed by atoms with van der Waals surface area (Å²) in [6, 6.07) is 0.558. The Morgan fingerprint density at radius 3 is 2.42 bits per heavy atom. The van der Waals surface area contributed by atoms with Crippen molar-refractivity contribution in [3.8, 4) is 0 Å². The van der Waals surface area contributed by atoms with E-state index in [9.17, 15) is 9.59 Å². The number of aryl methyl sites for hydroxylation is 1. The number of hydrogen-bond donors (Lipinski definition) is 0. The van der Waals surface area contributed by atoms with E-state index in [0.29, 0.717) is 17.7 Å². The van der Waals surface area contributed by atoms with Gasteiger partial charge in [-0.05, 0) is 39.5 Å². The van der Waals surface area contributed by atoms with Crippen LogP contribution in [-0.2, 0) is 16.1 Å². The number of ether oxygens (including phenoxy) is 1. The van der Waals surface area contributed by atoms with Crippen LogP contribution in [0.5, 0.6) is 0 Å². The van der Waals surface area contributed by atoms with Gasteiger partial charge in [0.05, 0.1) is 12.4 Å². The summed E-state index contributed by atoms with van der Waals surface area (Å²) in [6.07, 6.45) is 6.08. The van der Waals surface area contributed by atoms with Gasteiger partial charge >= 0.3 is 0 Å². The summed E-state index contributed by atoms with van der Waals surface area (Å²) in [6.45, 7) is 7.34. The minimum absolute atomic E-state index is 0.00805. The molecule has 2 aliphatic rings. The lowest BCUT2D eigenvalue weighted by atomic mass is 9.99. The second kappa shape index (κ2) is 8.31. The monoisotopic (exact) mass is 362 g/mol. The molecule has 0 saturated carbocycles. The molecule has 0 atom stereocenters. The number of carbonyl (C=O) groups is 1. The van der Waals surface area contributed by atoms with Crippen LogP contribution < -0.4 is 5.56 Å². The first-order valence-electron chi connectivity index (χ1n) is 9.57. The van der Waals surface area contributed by atoms with Gasteiger partial charge < -0.3 is 14.5 Å². The van der Waals surface area contributed by atoms with Gasteiger partial charge in [-0.15, -0.1) is 0 Å².